The molecule has 0 saturated carbocycles. The number of piperazine rings is 1. The number of carbonyl (C=O) groups is 1. The fourth-order valence-corrected chi connectivity index (χ4v) is 3.50. The van der Waals surface area contributed by atoms with Crippen molar-refractivity contribution in [1.82, 2.24) is 15.1 Å². The van der Waals surface area contributed by atoms with Gasteiger partial charge in [-0.2, -0.15) is 11.3 Å². The highest BCUT2D eigenvalue weighted by atomic mass is 32.1. The second-order valence-electron chi connectivity index (χ2n) is 5.84. The molecule has 0 aromatic carbocycles. The van der Waals surface area contributed by atoms with Crippen LogP contribution in [0.2, 0.25) is 0 Å². The molecule has 124 valence electrons. The van der Waals surface area contributed by atoms with Crippen LogP contribution in [0.1, 0.15) is 12.5 Å². The molecule has 0 spiro atoms. The largest absolute Gasteiger partial charge is 0.383 e. The lowest BCUT2D eigenvalue weighted by molar-refractivity contribution is -0.122. The van der Waals surface area contributed by atoms with E-state index in [0.29, 0.717) is 12.6 Å². The van der Waals surface area contributed by atoms with Crippen LogP contribution in [0.4, 0.5) is 0 Å². The summed E-state index contributed by atoms with van der Waals surface area (Å²) in [6.45, 7) is 8.09. The second-order valence-corrected chi connectivity index (χ2v) is 6.62. The Kier molecular flexibility index (Phi) is 7.32. The Bertz CT molecular complexity index is 439. The minimum Gasteiger partial charge on any atom is -0.383 e. The first kappa shape index (κ1) is 17.4. The number of methoxy groups -OCH3 is 1. The first-order chi connectivity index (χ1) is 10.7. The van der Waals surface area contributed by atoms with Gasteiger partial charge in [-0.25, -0.2) is 0 Å². The molecule has 1 amide bonds. The summed E-state index contributed by atoms with van der Waals surface area (Å²) in [5.74, 6) is 0.132. The molecule has 1 aromatic rings. The molecule has 5 nitrogen and oxygen atoms in total. The second kappa shape index (κ2) is 9.25. The molecule has 1 aromatic heterocycles. The predicted octanol–water partition coefficient (Wildman–Crippen LogP) is 1.06. The Morgan fingerprint density at radius 1 is 1.50 bits per heavy atom. The first-order valence-electron chi connectivity index (χ1n) is 7.92. The third kappa shape index (κ3) is 5.68. The Morgan fingerprint density at radius 2 is 2.36 bits per heavy atom. The summed E-state index contributed by atoms with van der Waals surface area (Å²) in [7, 11) is 1.74. The molecular weight excluding hydrogens is 298 g/mol. The summed E-state index contributed by atoms with van der Waals surface area (Å²) < 4.78 is 5.14. The molecular formula is C16H27N3O2S. The van der Waals surface area contributed by atoms with E-state index >= 15 is 0 Å². The van der Waals surface area contributed by atoms with Crippen molar-refractivity contribution in [3.63, 3.8) is 0 Å². The van der Waals surface area contributed by atoms with E-state index in [1.165, 1.54) is 5.56 Å². The van der Waals surface area contributed by atoms with Gasteiger partial charge in [0.25, 0.3) is 0 Å². The van der Waals surface area contributed by atoms with E-state index in [1.807, 2.05) is 0 Å². The summed E-state index contributed by atoms with van der Waals surface area (Å²) in [6, 6.07) is 2.58. The van der Waals surface area contributed by atoms with Crippen LogP contribution in [0.3, 0.4) is 0 Å². The summed E-state index contributed by atoms with van der Waals surface area (Å²) >= 11 is 1.70. The number of rotatable bonds is 8. The van der Waals surface area contributed by atoms with E-state index in [2.05, 4.69) is 38.9 Å². The van der Waals surface area contributed by atoms with Crippen LogP contribution in [0, 0.1) is 0 Å². The summed E-state index contributed by atoms with van der Waals surface area (Å²) in [5, 5.41) is 7.22. The van der Waals surface area contributed by atoms with E-state index in [4.69, 9.17) is 4.74 Å². The summed E-state index contributed by atoms with van der Waals surface area (Å²) in [4.78, 5) is 16.7. The van der Waals surface area contributed by atoms with E-state index in [-0.39, 0.29) is 5.91 Å². The van der Waals surface area contributed by atoms with Gasteiger partial charge in [-0.3, -0.25) is 14.6 Å². The lowest BCUT2D eigenvalue weighted by atomic mass is 10.2. The average molecular weight is 325 g/mol. The van der Waals surface area contributed by atoms with Gasteiger partial charge in [0.05, 0.1) is 13.2 Å². The normalized spacial score (nSPS) is 20.2. The molecule has 2 heterocycles. The van der Waals surface area contributed by atoms with Gasteiger partial charge in [0, 0.05) is 45.9 Å². The van der Waals surface area contributed by atoms with E-state index in [0.717, 1.165) is 45.8 Å². The lowest BCUT2D eigenvalue weighted by Crippen LogP contribution is -2.54. The molecule has 1 atom stereocenters. The van der Waals surface area contributed by atoms with Crippen LogP contribution in [-0.2, 0) is 16.0 Å². The predicted molar refractivity (Wildman–Crippen MR) is 90.4 cm³/mol. The van der Waals surface area contributed by atoms with Crippen LogP contribution < -0.4 is 5.32 Å². The third-order valence-electron chi connectivity index (χ3n) is 4.11. The van der Waals surface area contributed by atoms with E-state index in [9.17, 15) is 4.79 Å². The molecule has 1 saturated heterocycles. The van der Waals surface area contributed by atoms with E-state index in [1.54, 1.807) is 18.4 Å². The minimum atomic E-state index is 0.132. The lowest BCUT2D eigenvalue weighted by Gasteiger charge is -2.39. The van der Waals surface area contributed by atoms with Crippen LogP contribution in [0.15, 0.2) is 16.8 Å². The fraction of sp³-hybridized carbons (Fsp3) is 0.688. The van der Waals surface area contributed by atoms with E-state index < -0.39 is 0 Å². The maximum atomic E-state index is 12.0. The number of hydrogen-bond donors (Lipinski definition) is 1. The molecule has 22 heavy (non-hydrogen) atoms. The van der Waals surface area contributed by atoms with Gasteiger partial charge in [0.1, 0.15) is 0 Å². The quantitative estimate of drug-likeness (QED) is 0.776. The molecule has 0 aliphatic carbocycles. The Labute approximate surface area is 137 Å². The van der Waals surface area contributed by atoms with Gasteiger partial charge < -0.3 is 10.1 Å². The molecule has 1 aliphatic rings. The molecule has 1 unspecified atom stereocenters. The van der Waals surface area contributed by atoms with Crippen molar-refractivity contribution >= 4 is 17.2 Å². The van der Waals surface area contributed by atoms with Gasteiger partial charge in [-0.15, -0.1) is 0 Å². The number of nitrogens with zero attached hydrogens (tertiary/aromatic N) is 2. The third-order valence-corrected chi connectivity index (χ3v) is 4.85. The summed E-state index contributed by atoms with van der Waals surface area (Å²) in [6.07, 6.45) is 0.913. The molecule has 0 bridgehead atoms. The van der Waals surface area contributed by atoms with Crippen molar-refractivity contribution < 1.29 is 9.53 Å². The van der Waals surface area contributed by atoms with Crippen LogP contribution in [0.5, 0.6) is 0 Å². The van der Waals surface area contributed by atoms with Crippen molar-refractivity contribution in [1.29, 1.82) is 0 Å². The molecule has 0 radical (unpaired) electrons. The average Bonchev–Trinajstić information content (AvgIpc) is 3.00. The molecule has 2 rings (SSSR count). The van der Waals surface area contributed by atoms with Crippen LogP contribution in [0.25, 0.3) is 0 Å². The number of thiophene rings is 1. The van der Waals surface area contributed by atoms with Crippen molar-refractivity contribution in [2.45, 2.75) is 19.4 Å². The zero-order chi connectivity index (χ0) is 15.8. The highest BCUT2D eigenvalue weighted by molar-refractivity contribution is 7.07. The monoisotopic (exact) mass is 325 g/mol. The smallest absolute Gasteiger partial charge is 0.234 e. The van der Waals surface area contributed by atoms with Crippen molar-refractivity contribution in [3.05, 3.63) is 22.4 Å². The van der Waals surface area contributed by atoms with Gasteiger partial charge >= 0.3 is 0 Å². The minimum absolute atomic E-state index is 0.132. The fourth-order valence-electron chi connectivity index (χ4n) is 2.80. The topological polar surface area (TPSA) is 44.8 Å². The standard InChI is InChI=1S/C16H27N3O2S/c1-14-11-18(6-7-19(14)8-9-21-2)12-16(20)17-5-3-15-4-10-22-13-15/h4,10,13-14H,3,5-9,11-12H2,1-2H3,(H,17,20). The highest BCUT2D eigenvalue weighted by Gasteiger charge is 2.24. The zero-order valence-corrected chi connectivity index (χ0v) is 14.4. The number of amides is 1. The van der Waals surface area contributed by atoms with Crippen LogP contribution in [-0.4, -0.2) is 74.7 Å². The molecule has 6 heteroatoms. The number of nitrogens with one attached hydrogen (secondary N) is 1. The number of ether oxygens (including phenoxy) is 1. The van der Waals surface area contributed by atoms with Gasteiger partial charge in [0.15, 0.2) is 0 Å². The van der Waals surface area contributed by atoms with Gasteiger partial charge in [-0.05, 0) is 35.7 Å². The molecule has 1 N–H and O–H groups in total. The van der Waals surface area contributed by atoms with Crippen molar-refractivity contribution in [2.24, 2.45) is 0 Å². The Balaban J connectivity index is 1.63. The maximum absolute atomic E-state index is 12.0. The number of hydrogen-bond acceptors (Lipinski definition) is 5. The van der Waals surface area contributed by atoms with Crippen molar-refractivity contribution in [2.75, 3.05) is 53.0 Å². The molecule has 1 aliphatic heterocycles. The Hall–Kier alpha value is -0.950. The van der Waals surface area contributed by atoms with Crippen molar-refractivity contribution in [3.8, 4) is 0 Å². The maximum Gasteiger partial charge on any atom is 0.234 e. The van der Waals surface area contributed by atoms with Crippen LogP contribution >= 0.6 is 11.3 Å². The first-order valence-corrected chi connectivity index (χ1v) is 8.86. The van der Waals surface area contributed by atoms with Gasteiger partial charge in [-0.1, -0.05) is 0 Å². The SMILES string of the molecule is COCCN1CCN(CC(=O)NCCc2ccsc2)CC1C. The zero-order valence-electron chi connectivity index (χ0n) is 13.6. The Morgan fingerprint density at radius 3 is 3.05 bits per heavy atom. The number of carbonyl (C=O) groups excluding carboxylic acids is 1. The summed E-state index contributed by atoms with van der Waals surface area (Å²) in [5.41, 5.74) is 1.30. The van der Waals surface area contributed by atoms with Gasteiger partial charge in [0.2, 0.25) is 5.91 Å². The molecule has 1 fully saturated rings. The highest BCUT2D eigenvalue weighted by Crippen LogP contribution is 2.09.